The fourth-order valence-electron chi connectivity index (χ4n) is 2.48. The van der Waals surface area contributed by atoms with Gasteiger partial charge in [0.05, 0.1) is 7.32 Å². The first-order chi connectivity index (χ1) is 9.77. The van der Waals surface area contributed by atoms with Gasteiger partial charge in [0.15, 0.2) is 0 Å². The summed E-state index contributed by atoms with van der Waals surface area (Å²) in [6, 6.07) is 0. The Labute approximate surface area is 224 Å². The standard InChI is InChI=1S/C16H33BO3.2K/c1-2-3-4-5-6-7-8-9-10-11-12-13-14-15-16-20-17(18)19;;/h2-16H2,1H3;;/q-2;2*+1. The molecule has 0 amide bonds. The summed E-state index contributed by atoms with van der Waals surface area (Å²) in [7, 11) is -2.10. The van der Waals surface area contributed by atoms with Gasteiger partial charge in [-0.2, -0.15) is 0 Å². The summed E-state index contributed by atoms with van der Waals surface area (Å²) in [5.74, 6) is 0. The van der Waals surface area contributed by atoms with E-state index in [9.17, 15) is 10.0 Å². The summed E-state index contributed by atoms with van der Waals surface area (Å²) >= 11 is 0. The van der Waals surface area contributed by atoms with Crippen molar-refractivity contribution in [3.8, 4) is 0 Å². The Balaban J connectivity index is -0.00000180. The van der Waals surface area contributed by atoms with Crippen LogP contribution in [0.1, 0.15) is 96.8 Å². The Hall–Kier alpha value is 3.22. The summed E-state index contributed by atoms with van der Waals surface area (Å²) in [6.07, 6.45) is 18.2. The van der Waals surface area contributed by atoms with Gasteiger partial charge in [0.25, 0.3) is 0 Å². The number of rotatable bonds is 16. The summed E-state index contributed by atoms with van der Waals surface area (Å²) in [5.41, 5.74) is 0. The van der Waals surface area contributed by atoms with Crippen LogP contribution < -0.4 is 113 Å². The molecule has 0 aromatic heterocycles. The maximum absolute atomic E-state index is 10.1. The van der Waals surface area contributed by atoms with Crippen molar-refractivity contribution in [1.82, 2.24) is 0 Å². The average Bonchev–Trinajstić information content (AvgIpc) is 2.43. The zero-order valence-electron chi connectivity index (χ0n) is 15.4. The van der Waals surface area contributed by atoms with Crippen LogP contribution in [0.25, 0.3) is 0 Å². The third-order valence-electron chi connectivity index (χ3n) is 3.75. The molecule has 0 atom stereocenters. The second kappa shape index (κ2) is 26.4. The van der Waals surface area contributed by atoms with Crippen molar-refractivity contribution >= 4 is 7.32 Å². The maximum Gasteiger partial charge on any atom is 1.00 e. The predicted octanol–water partition coefficient (Wildman–Crippen LogP) is -2.80. The van der Waals surface area contributed by atoms with Crippen molar-refractivity contribution in [2.45, 2.75) is 96.8 Å². The topological polar surface area (TPSA) is 55.3 Å². The van der Waals surface area contributed by atoms with E-state index in [1.165, 1.54) is 77.0 Å². The van der Waals surface area contributed by atoms with Crippen LogP contribution in [0.15, 0.2) is 0 Å². The van der Waals surface area contributed by atoms with Gasteiger partial charge in [-0.3, -0.25) is 0 Å². The fraction of sp³-hybridized carbons (Fsp3) is 1.00. The second-order valence-corrected chi connectivity index (χ2v) is 5.76. The van der Waals surface area contributed by atoms with E-state index in [1.807, 2.05) is 0 Å². The molecule has 0 aliphatic heterocycles. The van der Waals surface area contributed by atoms with Gasteiger partial charge in [-0.15, -0.1) is 0 Å². The van der Waals surface area contributed by atoms with E-state index in [-0.39, 0.29) is 103 Å². The second-order valence-electron chi connectivity index (χ2n) is 5.76. The van der Waals surface area contributed by atoms with Crippen LogP contribution in [0.5, 0.6) is 0 Å². The number of hydrogen-bond donors (Lipinski definition) is 0. The molecule has 0 saturated heterocycles. The SMILES string of the molecule is CCCCCCCCCCCCCCCCOB([O-])[O-].[K+].[K+]. The third kappa shape index (κ3) is 28.0. The monoisotopic (exact) mass is 362 g/mol. The Morgan fingerprint density at radius 3 is 1.23 bits per heavy atom. The molecule has 0 spiro atoms. The minimum absolute atomic E-state index is 0. The van der Waals surface area contributed by atoms with E-state index < -0.39 is 7.32 Å². The minimum atomic E-state index is -2.10. The smallest absolute Gasteiger partial charge is 0.871 e. The van der Waals surface area contributed by atoms with Crippen molar-refractivity contribution < 1.29 is 117 Å². The Morgan fingerprint density at radius 2 is 0.909 bits per heavy atom. The van der Waals surface area contributed by atoms with Gasteiger partial charge >= 0.3 is 103 Å². The normalized spacial score (nSPS) is 9.95. The molecule has 0 aliphatic rings. The van der Waals surface area contributed by atoms with Gasteiger partial charge in [-0.25, -0.2) is 0 Å². The van der Waals surface area contributed by atoms with Crippen LogP contribution >= 0.6 is 0 Å². The first-order valence-electron chi connectivity index (χ1n) is 8.70. The quantitative estimate of drug-likeness (QED) is 0.220. The molecular weight excluding hydrogens is 329 g/mol. The van der Waals surface area contributed by atoms with Crippen LogP contribution in [0.3, 0.4) is 0 Å². The van der Waals surface area contributed by atoms with Gasteiger partial charge in [0, 0.05) is 6.61 Å². The van der Waals surface area contributed by atoms with Gasteiger partial charge in [0.2, 0.25) is 0 Å². The third-order valence-corrected chi connectivity index (χ3v) is 3.75. The zero-order valence-corrected chi connectivity index (χ0v) is 21.7. The average molecular weight is 362 g/mol. The van der Waals surface area contributed by atoms with Gasteiger partial charge in [-0.1, -0.05) is 90.4 Å². The van der Waals surface area contributed by atoms with E-state index in [1.54, 1.807) is 0 Å². The van der Waals surface area contributed by atoms with Crippen LogP contribution in [0.2, 0.25) is 0 Å². The Kier molecular flexibility index (Phi) is 36.0. The molecule has 0 unspecified atom stereocenters. The van der Waals surface area contributed by atoms with Crippen LogP contribution in [0.4, 0.5) is 0 Å². The number of hydrogen-bond acceptors (Lipinski definition) is 3. The van der Waals surface area contributed by atoms with E-state index in [4.69, 9.17) is 0 Å². The number of unbranched alkanes of at least 4 members (excludes halogenated alkanes) is 13. The molecule has 0 saturated carbocycles. The van der Waals surface area contributed by atoms with Crippen LogP contribution in [-0.4, -0.2) is 13.9 Å². The van der Waals surface area contributed by atoms with E-state index in [0.717, 1.165) is 12.8 Å². The molecule has 120 valence electrons. The summed E-state index contributed by atoms with van der Waals surface area (Å²) in [6.45, 7) is 2.59. The summed E-state index contributed by atoms with van der Waals surface area (Å²) < 4.78 is 4.44. The van der Waals surface area contributed by atoms with Crippen molar-refractivity contribution in [2.75, 3.05) is 6.61 Å². The van der Waals surface area contributed by atoms with Gasteiger partial charge in [0.1, 0.15) is 0 Å². The van der Waals surface area contributed by atoms with Crippen LogP contribution in [0, 0.1) is 0 Å². The molecule has 0 aromatic carbocycles. The molecule has 0 bridgehead atoms. The van der Waals surface area contributed by atoms with E-state index >= 15 is 0 Å². The Morgan fingerprint density at radius 1 is 0.591 bits per heavy atom. The molecule has 0 fully saturated rings. The molecule has 0 aromatic rings. The molecule has 0 heterocycles. The zero-order chi connectivity index (χ0) is 14.9. The molecule has 3 nitrogen and oxygen atoms in total. The van der Waals surface area contributed by atoms with Gasteiger partial charge in [-0.05, 0) is 6.42 Å². The largest absolute Gasteiger partial charge is 1.00 e. The predicted molar refractivity (Wildman–Crippen MR) is 82.0 cm³/mol. The van der Waals surface area contributed by atoms with Crippen molar-refractivity contribution in [3.63, 3.8) is 0 Å². The molecule has 22 heavy (non-hydrogen) atoms. The Bertz CT molecular complexity index is 187. The molecule has 6 heteroatoms. The maximum atomic E-state index is 10.1. The van der Waals surface area contributed by atoms with E-state index in [2.05, 4.69) is 11.6 Å². The molecule has 0 aliphatic carbocycles. The first kappa shape index (κ1) is 30.0. The van der Waals surface area contributed by atoms with Crippen molar-refractivity contribution in [3.05, 3.63) is 0 Å². The van der Waals surface area contributed by atoms with Crippen molar-refractivity contribution in [2.24, 2.45) is 0 Å². The molecule has 0 rings (SSSR count). The summed E-state index contributed by atoms with van der Waals surface area (Å²) in [4.78, 5) is 0. The summed E-state index contributed by atoms with van der Waals surface area (Å²) in [5, 5.41) is 20.2. The van der Waals surface area contributed by atoms with Crippen molar-refractivity contribution in [1.29, 1.82) is 0 Å². The molecule has 0 N–H and O–H groups in total. The first-order valence-corrected chi connectivity index (χ1v) is 8.70. The van der Waals surface area contributed by atoms with Gasteiger partial charge < -0.3 is 14.7 Å². The van der Waals surface area contributed by atoms with E-state index in [0.29, 0.717) is 6.61 Å². The fourth-order valence-corrected chi connectivity index (χ4v) is 2.48. The molecular formula is C16H33BK2O3. The molecule has 0 radical (unpaired) electrons. The minimum Gasteiger partial charge on any atom is -0.871 e. The van der Waals surface area contributed by atoms with Crippen LogP contribution in [-0.2, 0) is 4.65 Å².